The van der Waals surface area contributed by atoms with Gasteiger partial charge in [-0.1, -0.05) is 12.1 Å². The van der Waals surface area contributed by atoms with E-state index in [4.69, 9.17) is 15.2 Å². The lowest BCUT2D eigenvalue weighted by Crippen LogP contribution is -2.37. The molecule has 0 atom stereocenters. The minimum absolute atomic E-state index is 0.0401. The number of amides is 1. The first kappa shape index (κ1) is 33.8. The SMILES string of the molecule is CC(=O)OCC(CCn1cnc2cnc(N)nc21)COC(C)=O.Cc1cnc(NC(=O)C2=C(O)c3ccccc3S(=O)(=O)N2C)s1. The molecule has 0 fully saturated rings. The Bertz CT molecular complexity index is 1890. The predicted octanol–water partition coefficient (Wildman–Crippen LogP) is 2.49. The number of thiazole rings is 1. The van der Waals surface area contributed by atoms with Crippen LogP contribution in [-0.2, 0) is 40.4 Å². The van der Waals surface area contributed by atoms with Crippen molar-refractivity contribution in [3.63, 3.8) is 0 Å². The van der Waals surface area contributed by atoms with Gasteiger partial charge in [-0.2, -0.15) is 4.98 Å². The van der Waals surface area contributed by atoms with Gasteiger partial charge < -0.3 is 24.9 Å². The van der Waals surface area contributed by atoms with E-state index in [-0.39, 0.29) is 58.9 Å². The van der Waals surface area contributed by atoms with Crippen LogP contribution in [0.1, 0.15) is 30.7 Å². The molecule has 0 saturated carbocycles. The number of sulfonamides is 1. The second-order valence-corrected chi connectivity index (χ2v) is 13.2. The number of carbonyl (C=O) groups excluding carboxylic acids is 3. The van der Waals surface area contributed by atoms with Gasteiger partial charge in [0.1, 0.15) is 5.52 Å². The zero-order chi connectivity index (χ0) is 33.6. The summed E-state index contributed by atoms with van der Waals surface area (Å²) in [5.41, 5.74) is 6.64. The van der Waals surface area contributed by atoms with E-state index in [2.05, 4.69) is 25.3 Å². The highest BCUT2D eigenvalue weighted by Crippen LogP contribution is 2.35. The standard InChI is InChI=1S/C14H19N5O4.C14H13N3O4S2/c1-9(20)22-6-11(7-23-10(2)21)3-4-19-8-17-12-5-16-14(15)18-13(12)19;1-8-7-15-14(22-8)16-13(19)11-12(18)9-5-3-4-6-10(9)23(20,21)17(11)2/h5,8,11H,3-4,6-7H2,1-2H3,(H2,15,16,18);3-7,18H,1-2H3,(H,15,16,19). The number of nitrogens with one attached hydrogen (secondary N) is 1. The number of aliphatic hydroxyl groups excluding tert-OH is 1. The van der Waals surface area contributed by atoms with Crippen LogP contribution >= 0.6 is 11.3 Å². The molecule has 0 spiro atoms. The van der Waals surface area contributed by atoms with E-state index in [1.54, 1.807) is 30.9 Å². The lowest BCUT2D eigenvalue weighted by Gasteiger charge is -2.28. The Morgan fingerprint density at radius 2 is 1.74 bits per heavy atom. The Balaban J connectivity index is 0.000000209. The summed E-state index contributed by atoms with van der Waals surface area (Å²) in [5, 5.41) is 13.2. The number of nitrogens with two attached hydrogens (primary N) is 1. The molecule has 1 amide bonds. The molecule has 18 heteroatoms. The number of ether oxygens (including phenoxy) is 2. The van der Waals surface area contributed by atoms with Crippen LogP contribution in [0.3, 0.4) is 0 Å². The van der Waals surface area contributed by atoms with Crippen molar-refractivity contribution in [1.82, 2.24) is 28.8 Å². The van der Waals surface area contributed by atoms with Gasteiger partial charge in [-0.05, 0) is 25.5 Å². The molecule has 0 unspecified atom stereocenters. The fourth-order valence-corrected chi connectivity index (χ4v) is 6.35. The Kier molecular flexibility index (Phi) is 10.5. The van der Waals surface area contributed by atoms with Crippen LogP contribution in [-0.4, -0.2) is 80.4 Å². The first-order valence-electron chi connectivity index (χ1n) is 13.7. The third-order valence-electron chi connectivity index (χ3n) is 6.58. The summed E-state index contributed by atoms with van der Waals surface area (Å²) in [6.45, 7) is 5.45. The Hall–Kier alpha value is -5.10. The largest absolute Gasteiger partial charge is 0.505 e. The number of nitrogen functional groups attached to an aromatic ring is 1. The van der Waals surface area contributed by atoms with E-state index < -0.39 is 15.9 Å². The van der Waals surface area contributed by atoms with Gasteiger partial charge in [-0.3, -0.25) is 24.0 Å². The molecule has 3 aromatic heterocycles. The van der Waals surface area contributed by atoms with Crippen molar-refractivity contribution in [2.24, 2.45) is 5.92 Å². The van der Waals surface area contributed by atoms with Crippen molar-refractivity contribution in [2.45, 2.75) is 38.6 Å². The van der Waals surface area contributed by atoms with Gasteiger partial charge in [0.05, 0.1) is 30.6 Å². The number of aryl methyl sites for hydroxylation is 2. The molecule has 1 aliphatic rings. The van der Waals surface area contributed by atoms with Gasteiger partial charge in [0.25, 0.3) is 15.9 Å². The Labute approximate surface area is 268 Å². The first-order valence-corrected chi connectivity index (χ1v) is 16.0. The van der Waals surface area contributed by atoms with Crippen molar-refractivity contribution in [3.8, 4) is 0 Å². The molecular weight excluding hydrogens is 640 g/mol. The second-order valence-electron chi connectivity index (χ2n) is 10.0. The third kappa shape index (κ3) is 7.94. The van der Waals surface area contributed by atoms with E-state index in [9.17, 15) is 27.9 Å². The van der Waals surface area contributed by atoms with Crippen LogP contribution in [0.4, 0.5) is 11.1 Å². The maximum absolute atomic E-state index is 12.5. The summed E-state index contributed by atoms with van der Waals surface area (Å²) in [6, 6.07) is 5.99. The lowest BCUT2D eigenvalue weighted by molar-refractivity contribution is -0.146. The molecule has 244 valence electrons. The normalized spacial score (nSPS) is 13.5. The third-order valence-corrected chi connectivity index (χ3v) is 9.22. The van der Waals surface area contributed by atoms with Crippen molar-refractivity contribution < 1.29 is 37.4 Å². The smallest absolute Gasteiger partial charge is 0.302 e. The van der Waals surface area contributed by atoms with E-state index in [1.165, 1.54) is 44.4 Å². The number of benzene rings is 1. The van der Waals surface area contributed by atoms with Crippen molar-refractivity contribution in [3.05, 3.63) is 59.1 Å². The van der Waals surface area contributed by atoms with Crippen molar-refractivity contribution in [2.75, 3.05) is 31.3 Å². The number of carbonyl (C=O) groups is 3. The van der Waals surface area contributed by atoms with E-state index >= 15 is 0 Å². The van der Waals surface area contributed by atoms with Gasteiger partial charge in [-0.15, -0.1) is 11.3 Å². The number of fused-ring (bicyclic) bond motifs is 2. The highest BCUT2D eigenvalue weighted by atomic mass is 32.2. The summed E-state index contributed by atoms with van der Waals surface area (Å²) < 4.78 is 37.7. The van der Waals surface area contributed by atoms with Crippen molar-refractivity contribution in [1.29, 1.82) is 0 Å². The molecule has 5 rings (SSSR count). The molecule has 16 nitrogen and oxygen atoms in total. The molecule has 46 heavy (non-hydrogen) atoms. The number of likely N-dealkylation sites (N-methyl/N-ethyl adjacent to an activating group) is 1. The Morgan fingerprint density at radius 3 is 2.37 bits per heavy atom. The molecule has 0 bridgehead atoms. The fourth-order valence-electron chi connectivity index (χ4n) is 4.29. The molecular formula is C28H32N8O8S2. The van der Waals surface area contributed by atoms with Gasteiger partial charge in [0, 0.05) is 50.0 Å². The number of rotatable bonds is 9. The number of anilines is 2. The van der Waals surface area contributed by atoms with Crippen molar-refractivity contribution >= 4 is 67.2 Å². The number of hydrogen-bond donors (Lipinski definition) is 3. The van der Waals surface area contributed by atoms with Gasteiger partial charge in [0.15, 0.2) is 22.2 Å². The summed E-state index contributed by atoms with van der Waals surface area (Å²) in [4.78, 5) is 51.4. The van der Waals surface area contributed by atoms with E-state index in [1.807, 2.05) is 11.5 Å². The van der Waals surface area contributed by atoms with Crippen LogP contribution < -0.4 is 11.1 Å². The molecule has 0 saturated heterocycles. The molecule has 1 aliphatic heterocycles. The lowest BCUT2D eigenvalue weighted by atomic mass is 10.1. The van der Waals surface area contributed by atoms with Crippen LogP contribution in [0.25, 0.3) is 16.9 Å². The minimum atomic E-state index is -3.90. The van der Waals surface area contributed by atoms with Crippen LogP contribution in [0.5, 0.6) is 0 Å². The molecule has 0 radical (unpaired) electrons. The molecule has 0 aliphatic carbocycles. The van der Waals surface area contributed by atoms with E-state index in [0.29, 0.717) is 29.3 Å². The quantitative estimate of drug-likeness (QED) is 0.218. The topological polar surface area (TPSA) is 222 Å². The maximum atomic E-state index is 12.5. The average molecular weight is 673 g/mol. The summed E-state index contributed by atoms with van der Waals surface area (Å²) in [5.74, 6) is -1.80. The highest BCUT2D eigenvalue weighted by Gasteiger charge is 2.37. The molecule has 4 N–H and O–H groups in total. The second kappa shape index (κ2) is 14.3. The predicted molar refractivity (Wildman–Crippen MR) is 168 cm³/mol. The zero-order valence-electron chi connectivity index (χ0n) is 25.3. The summed E-state index contributed by atoms with van der Waals surface area (Å²) in [6.07, 6.45) is 5.41. The molecule has 1 aromatic carbocycles. The minimum Gasteiger partial charge on any atom is -0.505 e. The van der Waals surface area contributed by atoms with Crippen LogP contribution in [0.15, 0.2) is 53.6 Å². The number of aliphatic hydroxyl groups is 1. The first-order chi connectivity index (χ1) is 21.8. The van der Waals surface area contributed by atoms with E-state index in [0.717, 1.165) is 9.18 Å². The van der Waals surface area contributed by atoms with Gasteiger partial charge >= 0.3 is 11.9 Å². The summed E-state index contributed by atoms with van der Waals surface area (Å²) in [7, 11) is -2.67. The number of aromatic nitrogens is 5. The Morgan fingerprint density at radius 1 is 1.07 bits per heavy atom. The monoisotopic (exact) mass is 672 g/mol. The van der Waals surface area contributed by atoms with Crippen LogP contribution in [0.2, 0.25) is 0 Å². The number of imidazole rings is 1. The number of esters is 2. The fraction of sp³-hybridized carbons (Fsp3) is 0.321. The van der Waals surface area contributed by atoms with Gasteiger partial charge in [0.2, 0.25) is 5.95 Å². The molecule has 4 aromatic rings. The van der Waals surface area contributed by atoms with Gasteiger partial charge in [-0.25, -0.2) is 23.4 Å². The summed E-state index contributed by atoms with van der Waals surface area (Å²) >= 11 is 1.25. The number of hydrogen-bond acceptors (Lipinski definition) is 14. The maximum Gasteiger partial charge on any atom is 0.302 e. The van der Waals surface area contributed by atoms with Crippen LogP contribution in [0, 0.1) is 12.8 Å². The zero-order valence-corrected chi connectivity index (χ0v) is 27.0. The number of nitrogens with zero attached hydrogens (tertiary/aromatic N) is 6. The highest BCUT2D eigenvalue weighted by molar-refractivity contribution is 7.89. The molecule has 4 heterocycles. The average Bonchev–Trinajstić information content (AvgIpc) is 3.60.